The number of benzene rings is 2. The molecule has 0 atom stereocenters. The van der Waals surface area contributed by atoms with Crippen molar-refractivity contribution in [2.24, 2.45) is 0 Å². The van der Waals surface area contributed by atoms with E-state index < -0.39 is 0 Å². The Hall–Kier alpha value is -3.32. The number of nitriles is 1. The maximum absolute atomic E-state index is 9.46. The minimum atomic E-state index is 0.464. The lowest BCUT2D eigenvalue weighted by molar-refractivity contribution is 0.306. The molecule has 1 heterocycles. The fourth-order valence-electron chi connectivity index (χ4n) is 2.38. The van der Waals surface area contributed by atoms with Crippen molar-refractivity contribution in [3.63, 3.8) is 0 Å². The summed E-state index contributed by atoms with van der Waals surface area (Å²) in [5, 5.41) is 9.46. The second kappa shape index (κ2) is 7.30. The molecule has 0 N–H and O–H groups in total. The number of hydrogen-bond acceptors (Lipinski definition) is 4. The van der Waals surface area contributed by atoms with E-state index in [2.05, 4.69) is 11.1 Å². The molecule has 0 aliphatic rings. The monoisotopic (exact) mass is 316 g/mol. The van der Waals surface area contributed by atoms with Gasteiger partial charge in [0.05, 0.1) is 24.9 Å². The lowest BCUT2D eigenvalue weighted by Crippen LogP contribution is -1.96. The van der Waals surface area contributed by atoms with Crippen LogP contribution in [0.2, 0.25) is 0 Å². The normalized spacial score (nSPS) is 10.0. The van der Waals surface area contributed by atoms with Gasteiger partial charge in [0, 0.05) is 17.3 Å². The van der Waals surface area contributed by atoms with Crippen LogP contribution in [0.1, 0.15) is 11.1 Å². The molecule has 4 nitrogen and oxygen atoms in total. The zero-order valence-corrected chi connectivity index (χ0v) is 13.3. The van der Waals surface area contributed by atoms with E-state index in [9.17, 15) is 5.26 Å². The molecule has 0 saturated carbocycles. The zero-order chi connectivity index (χ0) is 16.8. The van der Waals surface area contributed by atoms with E-state index in [-0.39, 0.29) is 0 Å². The SMILES string of the molecule is COc1cncc(-c2ccc(OCc3ccccc3)cc2C#N)c1. The molecule has 0 spiro atoms. The summed E-state index contributed by atoms with van der Waals surface area (Å²) in [6.45, 7) is 0.464. The number of hydrogen-bond donors (Lipinski definition) is 0. The summed E-state index contributed by atoms with van der Waals surface area (Å²) < 4.78 is 11.0. The summed E-state index contributed by atoms with van der Waals surface area (Å²) in [4.78, 5) is 4.14. The molecule has 3 rings (SSSR count). The lowest BCUT2D eigenvalue weighted by atomic mass is 10.0. The molecule has 1 aromatic heterocycles. The lowest BCUT2D eigenvalue weighted by Gasteiger charge is -2.10. The highest BCUT2D eigenvalue weighted by Crippen LogP contribution is 2.29. The molecule has 0 amide bonds. The number of rotatable bonds is 5. The maximum Gasteiger partial charge on any atom is 0.137 e. The van der Waals surface area contributed by atoms with Gasteiger partial charge >= 0.3 is 0 Å². The Labute approximate surface area is 140 Å². The average molecular weight is 316 g/mol. The smallest absolute Gasteiger partial charge is 0.137 e. The van der Waals surface area contributed by atoms with Crippen molar-refractivity contribution in [1.82, 2.24) is 4.98 Å². The molecule has 0 aliphatic heterocycles. The van der Waals surface area contributed by atoms with Crippen LogP contribution in [0.25, 0.3) is 11.1 Å². The van der Waals surface area contributed by atoms with Crippen molar-refractivity contribution in [3.05, 3.63) is 78.1 Å². The summed E-state index contributed by atoms with van der Waals surface area (Å²) in [7, 11) is 1.59. The van der Waals surface area contributed by atoms with Crippen LogP contribution in [0.4, 0.5) is 0 Å². The fourth-order valence-corrected chi connectivity index (χ4v) is 2.38. The summed E-state index contributed by atoms with van der Waals surface area (Å²) in [6.07, 6.45) is 3.34. The van der Waals surface area contributed by atoms with Crippen LogP contribution in [0, 0.1) is 11.3 Å². The van der Waals surface area contributed by atoms with Crippen LogP contribution in [-0.2, 0) is 6.61 Å². The molecule has 0 saturated heterocycles. The van der Waals surface area contributed by atoms with E-state index in [0.717, 1.165) is 16.7 Å². The van der Waals surface area contributed by atoms with Gasteiger partial charge in [-0.1, -0.05) is 30.3 Å². The molecule has 0 bridgehead atoms. The topological polar surface area (TPSA) is 55.1 Å². The van der Waals surface area contributed by atoms with Gasteiger partial charge in [-0.25, -0.2) is 0 Å². The fraction of sp³-hybridized carbons (Fsp3) is 0.100. The number of aromatic nitrogens is 1. The van der Waals surface area contributed by atoms with Gasteiger partial charge in [0.15, 0.2) is 0 Å². The van der Waals surface area contributed by atoms with Crippen molar-refractivity contribution in [2.75, 3.05) is 7.11 Å². The molecule has 2 aromatic carbocycles. The van der Waals surface area contributed by atoms with Gasteiger partial charge in [-0.3, -0.25) is 4.98 Å². The number of pyridine rings is 1. The molecule has 24 heavy (non-hydrogen) atoms. The number of nitrogens with zero attached hydrogens (tertiary/aromatic N) is 2. The van der Waals surface area contributed by atoms with Crippen LogP contribution >= 0.6 is 0 Å². The number of ether oxygens (including phenoxy) is 2. The Morgan fingerprint density at radius 3 is 2.58 bits per heavy atom. The molecule has 0 aliphatic carbocycles. The van der Waals surface area contributed by atoms with Gasteiger partial charge in [0.1, 0.15) is 18.1 Å². The summed E-state index contributed by atoms with van der Waals surface area (Å²) in [5.41, 5.74) is 3.25. The van der Waals surface area contributed by atoms with E-state index in [4.69, 9.17) is 9.47 Å². The van der Waals surface area contributed by atoms with Crippen molar-refractivity contribution in [3.8, 4) is 28.7 Å². The van der Waals surface area contributed by atoms with Gasteiger partial charge in [-0.15, -0.1) is 0 Å². The molecular weight excluding hydrogens is 300 g/mol. The number of methoxy groups -OCH3 is 1. The first kappa shape index (κ1) is 15.6. The van der Waals surface area contributed by atoms with E-state index in [1.165, 1.54) is 0 Å². The molecule has 4 heteroatoms. The van der Waals surface area contributed by atoms with Crippen LogP contribution in [0.5, 0.6) is 11.5 Å². The van der Waals surface area contributed by atoms with Gasteiger partial charge < -0.3 is 9.47 Å². The minimum Gasteiger partial charge on any atom is -0.495 e. The van der Waals surface area contributed by atoms with E-state index in [1.807, 2.05) is 48.5 Å². The Balaban J connectivity index is 1.84. The third kappa shape index (κ3) is 3.53. The first-order valence-electron chi connectivity index (χ1n) is 7.50. The summed E-state index contributed by atoms with van der Waals surface area (Å²) >= 11 is 0. The van der Waals surface area contributed by atoms with Crippen molar-refractivity contribution < 1.29 is 9.47 Å². The first-order chi connectivity index (χ1) is 11.8. The predicted octanol–water partition coefficient (Wildman–Crippen LogP) is 4.21. The van der Waals surface area contributed by atoms with Crippen molar-refractivity contribution in [2.45, 2.75) is 6.61 Å². The second-order valence-electron chi connectivity index (χ2n) is 5.21. The molecule has 3 aromatic rings. The van der Waals surface area contributed by atoms with E-state index in [1.54, 1.807) is 25.6 Å². The molecular formula is C20H16N2O2. The Kier molecular flexibility index (Phi) is 4.73. The molecule has 0 fully saturated rings. The largest absolute Gasteiger partial charge is 0.495 e. The highest BCUT2D eigenvalue weighted by atomic mass is 16.5. The van der Waals surface area contributed by atoms with Gasteiger partial charge in [-0.2, -0.15) is 5.26 Å². The standard InChI is InChI=1S/C20H16N2O2/c1-23-19-10-17(12-22-13-19)20-8-7-18(9-16(20)11-21)24-14-15-5-3-2-4-6-15/h2-10,12-13H,14H2,1H3. The zero-order valence-electron chi connectivity index (χ0n) is 13.3. The third-order valence-electron chi connectivity index (χ3n) is 3.62. The van der Waals surface area contributed by atoms with E-state index in [0.29, 0.717) is 23.7 Å². The van der Waals surface area contributed by atoms with Crippen LogP contribution < -0.4 is 9.47 Å². The molecule has 0 radical (unpaired) electrons. The molecule has 0 unspecified atom stereocenters. The second-order valence-corrected chi connectivity index (χ2v) is 5.21. The summed E-state index contributed by atoms with van der Waals surface area (Å²) in [6, 6.07) is 19.5. The Morgan fingerprint density at radius 1 is 1.00 bits per heavy atom. The minimum absolute atomic E-state index is 0.464. The molecule has 118 valence electrons. The Morgan fingerprint density at radius 2 is 1.83 bits per heavy atom. The first-order valence-corrected chi connectivity index (χ1v) is 7.50. The third-order valence-corrected chi connectivity index (χ3v) is 3.62. The van der Waals surface area contributed by atoms with Crippen LogP contribution in [-0.4, -0.2) is 12.1 Å². The van der Waals surface area contributed by atoms with E-state index >= 15 is 0 Å². The summed E-state index contributed by atoms with van der Waals surface area (Å²) in [5.74, 6) is 1.32. The highest BCUT2D eigenvalue weighted by molar-refractivity contribution is 5.71. The van der Waals surface area contributed by atoms with Crippen molar-refractivity contribution in [1.29, 1.82) is 5.26 Å². The van der Waals surface area contributed by atoms with Gasteiger partial charge in [0.25, 0.3) is 0 Å². The van der Waals surface area contributed by atoms with Gasteiger partial charge in [-0.05, 0) is 29.8 Å². The Bertz CT molecular complexity index is 870. The van der Waals surface area contributed by atoms with Gasteiger partial charge in [0.2, 0.25) is 0 Å². The quantitative estimate of drug-likeness (QED) is 0.707. The predicted molar refractivity (Wildman–Crippen MR) is 91.7 cm³/mol. The highest BCUT2D eigenvalue weighted by Gasteiger charge is 2.08. The average Bonchev–Trinajstić information content (AvgIpc) is 2.67. The van der Waals surface area contributed by atoms with Crippen LogP contribution in [0.3, 0.4) is 0 Å². The van der Waals surface area contributed by atoms with Crippen molar-refractivity contribution >= 4 is 0 Å². The van der Waals surface area contributed by atoms with Crippen LogP contribution in [0.15, 0.2) is 67.0 Å². The maximum atomic E-state index is 9.46.